The molecule has 6 heteroatoms. The van der Waals surface area contributed by atoms with Gasteiger partial charge in [0.05, 0.1) is 32.5 Å². The molecule has 3 aromatic rings. The number of para-hydroxylation sites is 1. The number of aryl methyl sites for hydroxylation is 2. The molecule has 124 valence electrons. The summed E-state index contributed by atoms with van der Waals surface area (Å²) in [5.74, 6) is 0.332. The van der Waals surface area contributed by atoms with E-state index in [4.69, 9.17) is 4.99 Å². The van der Waals surface area contributed by atoms with Crippen molar-refractivity contribution in [3.8, 4) is 0 Å². The fourth-order valence-electron chi connectivity index (χ4n) is 2.95. The lowest BCUT2D eigenvalue weighted by atomic mass is 10.0. The highest BCUT2D eigenvalue weighted by atomic mass is 32.1. The van der Waals surface area contributed by atoms with Crippen molar-refractivity contribution in [2.75, 3.05) is 5.32 Å². The molecule has 3 heterocycles. The summed E-state index contributed by atoms with van der Waals surface area (Å²) in [6.45, 7) is 3.99. The van der Waals surface area contributed by atoms with Crippen molar-refractivity contribution >= 4 is 34.5 Å². The van der Waals surface area contributed by atoms with Gasteiger partial charge in [-0.05, 0) is 37.6 Å². The maximum atomic E-state index is 12.7. The van der Waals surface area contributed by atoms with Crippen LogP contribution in [0.5, 0.6) is 0 Å². The molecule has 4 rings (SSSR count). The molecule has 0 spiro atoms. The largest absolute Gasteiger partial charge is 0.306 e. The minimum atomic E-state index is -0.197. The van der Waals surface area contributed by atoms with Gasteiger partial charge in [0, 0.05) is 12.6 Å². The highest BCUT2D eigenvalue weighted by Crippen LogP contribution is 2.34. The topological polar surface area (TPSA) is 67.2 Å². The first-order valence-electron chi connectivity index (χ1n) is 7.98. The van der Waals surface area contributed by atoms with Crippen LogP contribution < -0.4 is 5.32 Å². The number of hydrogen-bond acceptors (Lipinski definition) is 5. The molecule has 25 heavy (non-hydrogen) atoms. The number of nitrogens with zero attached hydrogens (tertiary/aromatic N) is 3. The standard InChI is InChI=1S/C19H16N4OS/c1-11-18(25-12(2)21-11)15-10-13-6-5-7-14(17(13)22-15)19(24)23-16-8-3-4-9-20-16/h3-9H,10H2,1-2H3,(H,20,23,24). The van der Waals surface area contributed by atoms with Crippen LogP contribution in [0.1, 0.15) is 31.5 Å². The average molecular weight is 348 g/mol. The fourth-order valence-corrected chi connectivity index (χ4v) is 3.86. The van der Waals surface area contributed by atoms with Gasteiger partial charge in [-0.2, -0.15) is 0 Å². The molecular formula is C19H16N4OS. The first-order chi connectivity index (χ1) is 12.1. The smallest absolute Gasteiger partial charge is 0.259 e. The summed E-state index contributed by atoms with van der Waals surface area (Å²) in [4.78, 5) is 27.1. The predicted molar refractivity (Wildman–Crippen MR) is 100 cm³/mol. The summed E-state index contributed by atoms with van der Waals surface area (Å²) < 4.78 is 0. The van der Waals surface area contributed by atoms with Crippen LogP contribution in [0.25, 0.3) is 0 Å². The summed E-state index contributed by atoms with van der Waals surface area (Å²) in [6.07, 6.45) is 2.37. The third-order valence-corrected chi connectivity index (χ3v) is 5.16. The number of aromatic nitrogens is 2. The Labute approximate surface area is 149 Å². The number of benzene rings is 1. The number of thiazole rings is 1. The molecule has 5 nitrogen and oxygen atoms in total. The van der Waals surface area contributed by atoms with Crippen LogP contribution in [0.4, 0.5) is 11.5 Å². The number of carbonyl (C=O) groups excluding carboxylic acids is 1. The average Bonchev–Trinajstić information content (AvgIpc) is 3.17. The fraction of sp³-hybridized carbons (Fsp3) is 0.158. The van der Waals surface area contributed by atoms with Gasteiger partial charge in [0.2, 0.25) is 0 Å². The van der Waals surface area contributed by atoms with E-state index in [1.807, 2.05) is 38.1 Å². The van der Waals surface area contributed by atoms with E-state index in [0.717, 1.165) is 39.0 Å². The number of nitrogens with one attached hydrogen (secondary N) is 1. The van der Waals surface area contributed by atoms with Crippen molar-refractivity contribution in [3.63, 3.8) is 0 Å². The molecule has 0 bridgehead atoms. The third-order valence-electron chi connectivity index (χ3n) is 4.04. The Kier molecular flexibility index (Phi) is 3.89. The molecular weight excluding hydrogens is 332 g/mol. The maximum absolute atomic E-state index is 12.7. The number of aliphatic imine (C=N–C) groups is 1. The van der Waals surface area contributed by atoms with E-state index in [0.29, 0.717) is 11.4 Å². The lowest BCUT2D eigenvalue weighted by Gasteiger charge is -2.07. The summed E-state index contributed by atoms with van der Waals surface area (Å²) in [5.41, 5.74) is 4.35. The molecule has 0 fully saturated rings. The van der Waals surface area contributed by atoms with Gasteiger partial charge in [0.15, 0.2) is 0 Å². The van der Waals surface area contributed by atoms with Crippen LogP contribution >= 0.6 is 11.3 Å². The SMILES string of the molecule is Cc1nc(C)c(C2=Nc3c(cccc3C(=O)Nc3ccccn3)C2)s1. The summed E-state index contributed by atoms with van der Waals surface area (Å²) in [7, 11) is 0. The van der Waals surface area contributed by atoms with Crippen LogP contribution in [0, 0.1) is 13.8 Å². The second-order valence-electron chi connectivity index (χ2n) is 5.87. The van der Waals surface area contributed by atoms with Crippen LogP contribution in [0.2, 0.25) is 0 Å². The molecule has 0 aliphatic carbocycles. The van der Waals surface area contributed by atoms with Crippen molar-refractivity contribution in [2.45, 2.75) is 20.3 Å². The van der Waals surface area contributed by atoms with Crippen molar-refractivity contribution in [1.29, 1.82) is 0 Å². The van der Waals surface area contributed by atoms with Crippen molar-refractivity contribution in [1.82, 2.24) is 9.97 Å². The van der Waals surface area contributed by atoms with Crippen molar-refractivity contribution in [3.05, 3.63) is 69.3 Å². The van der Waals surface area contributed by atoms with E-state index >= 15 is 0 Å². The molecule has 2 aromatic heterocycles. The molecule has 0 unspecified atom stereocenters. The van der Waals surface area contributed by atoms with E-state index in [2.05, 4.69) is 15.3 Å². The van der Waals surface area contributed by atoms with Crippen LogP contribution in [-0.4, -0.2) is 21.6 Å². The number of amides is 1. The van der Waals surface area contributed by atoms with E-state index in [9.17, 15) is 4.79 Å². The van der Waals surface area contributed by atoms with Gasteiger partial charge in [0.1, 0.15) is 5.82 Å². The van der Waals surface area contributed by atoms with Crippen LogP contribution in [0.15, 0.2) is 47.6 Å². The van der Waals surface area contributed by atoms with Gasteiger partial charge >= 0.3 is 0 Å². The highest BCUT2D eigenvalue weighted by Gasteiger charge is 2.24. The van der Waals surface area contributed by atoms with Crippen LogP contribution in [-0.2, 0) is 6.42 Å². The Morgan fingerprint density at radius 3 is 2.76 bits per heavy atom. The molecule has 0 saturated heterocycles. The molecule has 0 radical (unpaired) electrons. The molecule has 1 aliphatic heterocycles. The number of carbonyl (C=O) groups is 1. The minimum absolute atomic E-state index is 0.197. The molecule has 1 amide bonds. The van der Waals surface area contributed by atoms with Crippen molar-refractivity contribution < 1.29 is 4.79 Å². The number of anilines is 1. The van der Waals surface area contributed by atoms with Crippen LogP contribution in [0.3, 0.4) is 0 Å². The molecule has 0 saturated carbocycles. The lowest BCUT2D eigenvalue weighted by molar-refractivity contribution is 0.102. The van der Waals surface area contributed by atoms with Gasteiger partial charge in [-0.1, -0.05) is 18.2 Å². The first kappa shape index (κ1) is 15.7. The molecule has 0 atom stereocenters. The molecule has 1 aromatic carbocycles. The van der Waals surface area contributed by atoms with Gasteiger partial charge in [-0.3, -0.25) is 9.79 Å². The van der Waals surface area contributed by atoms with Gasteiger partial charge in [-0.25, -0.2) is 9.97 Å². The number of fused-ring (bicyclic) bond motifs is 1. The second-order valence-corrected chi connectivity index (χ2v) is 7.07. The van der Waals surface area contributed by atoms with E-state index < -0.39 is 0 Å². The normalized spacial score (nSPS) is 12.6. The van der Waals surface area contributed by atoms with Gasteiger partial charge in [-0.15, -0.1) is 11.3 Å². The summed E-state index contributed by atoms with van der Waals surface area (Å²) in [5, 5.41) is 3.86. The number of hydrogen-bond donors (Lipinski definition) is 1. The quantitative estimate of drug-likeness (QED) is 0.775. The molecule has 1 N–H and O–H groups in total. The van der Waals surface area contributed by atoms with Gasteiger partial charge < -0.3 is 5.32 Å². The highest BCUT2D eigenvalue weighted by molar-refractivity contribution is 7.13. The maximum Gasteiger partial charge on any atom is 0.259 e. The van der Waals surface area contributed by atoms with E-state index in [1.165, 1.54) is 0 Å². The Morgan fingerprint density at radius 2 is 2.04 bits per heavy atom. The van der Waals surface area contributed by atoms with E-state index in [-0.39, 0.29) is 5.91 Å². The zero-order valence-electron chi connectivity index (χ0n) is 13.9. The number of rotatable bonds is 3. The summed E-state index contributed by atoms with van der Waals surface area (Å²) in [6, 6.07) is 11.1. The van der Waals surface area contributed by atoms with E-state index in [1.54, 1.807) is 29.7 Å². The molecule has 1 aliphatic rings. The third kappa shape index (κ3) is 2.96. The minimum Gasteiger partial charge on any atom is -0.306 e. The zero-order chi connectivity index (χ0) is 17.4. The Morgan fingerprint density at radius 1 is 1.16 bits per heavy atom. The Bertz CT molecular complexity index is 992. The summed E-state index contributed by atoms with van der Waals surface area (Å²) >= 11 is 1.65. The number of pyridine rings is 1. The Hall–Kier alpha value is -2.86. The lowest BCUT2D eigenvalue weighted by Crippen LogP contribution is -2.13. The van der Waals surface area contributed by atoms with Crippen molar-refractivity contribution in [2.24, 2.45) is 4.99 Å². The second kappa shape index (κ2) is 6.22. The van der Waals surface area contributed by atoms with Gasteiger partial charge in [0.25, 0.3) is 5.91 Å². The zero-order valence-corrected chi connectivity index (χ0v) is 14.7. The predicted octanol–water partition coefficient (Wildman–Crippen LogP) is 4.08. The first-order valence-corrected chi connectivity index (χ1v) is 8.79. The monoisotopic (exact) mass is 348 g/mol. The Balaban J connectivity index is 1.68.